The van der Waals surface area contributed by atoms with Crippen LogP contribution in [-0.4, -0.2) is 21.6 Å². The van der Waals surface area contributed by atoms with E-state index in [0.29, 0.717) is 11.1 Å². The summed E-state index contributed by atoms with van der Waals surface area (Å²) in [7, 11) is 0. The maximum absolute atomic E-state index is 12.3. The van der Waals surface area contributed by atoms with Gasteiger partial charge in [-0.3, -0.25) is 4.79 Å². The van der Waals surface area contributed by atoms with Gasteiger partial charge in [-0.05, 0) is 12.1 Å². The van der Waals surface area contributed by atoms with Crippen LogP contribution in [0.5, 0.6) is 0 Å². The fourth-order valence-corrected chi connectivity index (χ4v) is 3.23. The molecule has 0 fully saturated rings. The molecule has 1 amide bonds. The highest BCUT2D eigenvalue weighted by Crippen LogP contribution is 2.38. The molecular formula is C16H15N3O2S. The van der Waals surface area contributed by atoms with Crippen LogP contribution in [-0.2, 0) is 5.72 Å². The van der Waals surface area contributed by atoms with E-state index >= 15 is 0 Å². The fraction of sp³-hybridized carbons (Fsp3) is 0.125. The Labute approximate surface area is 132 Å². The van der Waals surface area contributed by atoms with Crippen LogP contribution in [0.3, 0.4) is 0 Å². The summed E-state index contributed by atoms with van der Waals surface area (Å²) in [5, 5.41) is 13.2. The fourth-order valence-electron chi connectivity index (χ4n) is 2.28. The summed E-state index contributed by atoms with van der Waals surface area (Å²) in [5.41, 5.74) is 5.29. The SMILES string of the molecule is NC1=NC(O)(c2ccccc2)C(NC(=O)c2ccccc2)S1. The Hall–Kier alpha value is -2.31. The molecule has 6 heteroatoms. The number of amides is 1. The molecule has 5 nitrogen and oxygen atoms in total. The van der Waals surface area contributed by atoms with Crippen molar-refractivity contribution < 1.29 is 9.90 Å². The highest BCUT2D eigenvalue weighted by atomic mass is 32.2. The van der Waals surface area contributed by atoms with Crippen molar-refractivity contribution in [1.29, 1.82) is 0 Å². The predicted octanol–water partition coefficient (Wildman–Crippen LogP) is 1.65. The second kappa shape index (κ2) is 5.82. The Morgan fingerprint density at radius 2 is 1.73 bits per heavy atom. The van der Waals surface area contributed by atoms with Crippen molar-refractivity contribution >= 4 is 22.8 Å². The molecule has 112 valence electrons. The van der Waals surface area contributed by atoms with Gasteiger partial charge in [0.15, 0.2) is 5.17 Å². The number of rotatable bonds is 3. The summed E-state index contributed by atoms with van der Waals surface area (Å²) in [6.45, 7) is 0. The van der Waals surface area contributed by atoms with Gasteiger partial charge < -0.3 is 16.2 Å². The summed E-state index contributed by atoms with van der Waals surface area (Å²) >= 11 is 1.14. The van der Waals surface area contributed by atoms with Crippen LogP contribution in [0.15, 0.2) is 65.7 Å². The summed E-state index contributed by atoms with van der Waals surface area (Å²) < 4.78 is 0. The molecule has 0 saturated heterocycles. The quantitative estimate of drug-likeness (QED) is 0.804. The van der Waals surface area contributed by atoms with Crippen LogP contribution in [0.25, 0.3) is 0 Å². The second-order valence-electron chi connectivity index (χ2n) is 4.88. The molecule has 4 N–H and O–H groups in total. The van der Waals surface area contributed by atoms with Crippen molar-refractivity contribution in [2.45, 2.75) is 11.1 Å². The van der Waals surface area contributed by atoms with Gasteiger partial charge in [-0.15, -0.1) is 0 Å². The molecule has 2 aromatic carbocycles. The Kier molecular flexibility index (Phi) is 3.87. The van der Waals surface area contributed by atoms with Gasteiger partial charge in [0.1, 0.15) is 5.37 Å². The summed E-state index contributed by atoms with van der Waals surface area (Å²) in [5.74, 6) is -0.280. The molecule has 0 aromatic heterocycles. The third-order valence-electron chi connectivity index (χ3n) is 3.38. The minimum absolute atomic E-state index is 0.240. The number of nitrogens with one attached hydrogen (secondary N) is 1. The average Bonchev–Trinajstić information content (AvgIpc) is 2.84. The van der Waals surface area contributed by atoms with E-state index in [9.17, 15) is 9.90 Å². The lowest BCUT2D eigenvalue weighted by molar-refractivity contribution is 0.0360. The van der Waals surface area contributed by atoms with Gasteiger partial charge in [-0.25, -0.2) is 4.99 Å². The first-order valence-electron chi connectivity index (χ1n) is 6.75. The molecule has 0 bridgehead atoms. The minimum atomic E-state index is -1.57. The van der Waals surface area contributed by atoms with Gasteiger partial charge in [0, 0.05) is 11.1 Å². The first-order chi connectivity index (χ1) is 10.6. The van der Waals surface area contributed by atoms with E-state index in [1.54, 1.807) is 48.5 Å². The van der Waals surface area contributed by atoms with Crippen LogP contribution >= 0.6 is 11.8 Å². The van der Waals surface area contributed by atoms with E-state index < -0.39 is 11.1 Å². The van der Waals surface area contributed by atoms with E-state index in [-0.39, 0.29) is 11.1 Å². The van der Waals surface area contributed by atoms with Crippen molar-refractivity contribution in [1.82, 2.24) is 5.32 Å². The molecule has 2 unspecified atom stereocenters. The number of benzene rings is 2. The largest absolute Gasteiger partial charge is 0.378 e. The molecule has 0 radical (unpaired) electrons. The molecule has 0 saturated carbocycles. The maximum atomic E-state index is 12.3. The van der Waals surface area contributed by atoms with Crippen LogP contribution in [0.4, 0.5) is 0 Å². The monoisotopic (exact) mass is 313 g/mol. The highest BCUT2D eigenvalue weighted by molar-refractivity contribution is 8.14. The normalized spacial score (nSPS) is 23.9. The number of nitrogens with two attached hydrogens (primary N) is 1. The van der Waals surface area contributed by atoms with Gasteiger partial charge in [0.25, 0.3) is 5.91 Å². The number of aliphatic imine (C=N–C) groups is 1. The lowest BCUT2D eigenvalue weighted by Crippen LogP contribution is -2.45. The Balaban J connectivity index is 1.86. The molecule has 2 atom stereocenters. The van der Waals surface area contributed by atoms with E-state index in [4.69, 9.17) is 5.73 Å². The molecule has 1 heterocycles. The van der Waals surface area contributed by atoms with E-state index in [1.165, 1.54) is 0 Å². The minimum Gasteiger partial charge on any atom is -0.378 e. The number of hydrogen-bond acceptors (Lipinski definition) is 5. The molecule has 0 aliphatic carbocycles. The number of carbonyl (C=O) groups is 1. The number of carbonyl (C=O) groups excluding carboxylic acids is 1. The topological polar surface area (TPSA) is 87.7 Å². The lowest BCUT2D eigenvalue weighted by atomic mass is 10.0. The molecule has 22 heavy (non-hydrogen) atoms. The standard InChI is InChI=1S/C16H15N3O2S/c17-15-19-16(21,12-9-5-2-6-10-12)14(22-15)18-13(20)11-7-3-1-4-8-11/h1-10,14,21H,(H2,17,19)(H,18,20). The van der Waals surface area contributed by atoms with Crippen molar-refractivity contribution in [3.63, 3.8) is 0 Å². The number of amidine groups is 1. The van der Waals surface area contributed by atoms with Crippen molar-refractivity contribution in [3.8, 4) is 0 Å². The van der Waals surface area contributed by atoms with Gasteiger partial charge in [0.05, 0.1) is 0 Å². The first-order valence-corrected chi connectivity index (χ1v) is 7.63. The Morgan fingerprint density at radius 3 is 2.36 bits per heavy atom. The van der Waals surface area contributed by atoms with Crippen LogP contribution < -0.4 is 11.1 Å². The van der Waals surface area contributed by atoms with Crippen LogP contribution in [0.2, 0.25) is 0 Å². The van der Waals surface area contributed by atoms with E-state index in [2.05, 4.69) is 10.3 Å². The smallest absolute Gasteiger partial charge is 0.252 e. The highest BCUT2D eigenvalue weighted by Gasteiger charge is 2.45. The number of thioether (sulfide) groups is 1. The van der Waals surface area contributed by atoms with Gasteiger partial charge in [-0.1, -0.05) is 60.3 Å². The van der Waals surface area contributed by atoms with Crippen molar-refractivity contribution in [3.05, 3.63) is 71.8 Å². The first kappa shape index (κ1) is 14.6. The van der Waals surface area contributed by atoms with Gasteiger partial charge in [-0.2, -0.15) is 0 Å². The van der Waals surface area contributed by atoms with Crippen LogP contribution in [0.1, 0.15) is 15.9 Å². The summed E-state index contributed by atoms with van der Waals surface area (Å²) in [6, 6.07) is 17.8. The maximum Gasteiger partial charge on any atom is 0.252 e. The predicted molar refractivity (Wildman–Crippen MR) is 87.2 cm³/mol. The van der Waals surface area contributed by atoms with Crippen LogP contribution in [0, 0.1) is 0 Å². The van der Waals surface area contributed by atoms with E-state index in [0.717, 1.165) is 11.8 Å². The van der Waals surface area contributed by atoms with Gasteiger partial charge in [0.2, 0.25) is 5.72 Å². The molecule has 1 aliphatic heterocycles. The average molecular weight is 313 g/mol. The number of aliphatic hydroxyl groups is 1. The zero-order valence-corrected chi connectivity index (χ0v) is 12.5. The Bertz CT molecular complexity index is 706. The lowest BCUT2D eigenvalue weighted by Gasteiger charge is -2.27. The third-order valence-corrected chi connectivity index (χ3v) is 4.40. The van der Waals surface area contributed by atoms with E-state index in [1.807, 2.05) is 12.1 Å². The summed E-state index contributed by atoms with van der Waals surface area (Å²) in [6.07, 6.45) is 0. The molecule has 0 spiro atoms. The molecule has 3 rings (SSSR count). The number of nitrogens with zero attached hydrogens (tertiary/aromatic N) is 1. The molecular weight excluding hydrogens is 298 g/mol. The summed E-state index contributed by atoms with van der Waals surface area (Å²) in [4.78, 5) is 16.4. The Morgan fingerprint density at radius 1 is 1.14 bits per heavy atom. The van der Waals surface area contributed by atoms with Crippen molar-refractivity contribution in [2.75, 3.05) is 0 Å². The second-order valence-corrected chi connectivity index (χ2v) is 6.00. The molecule has 2 aromatic rings. The zero-order valence-electron chi connectivity index (χ0n) is 11.6. The molecule has 1 aliphatic rings. The zero-order chi connectivity index (χ0) is 15.6. The van der Waals surface area contributed by atoms with Crippen molar-refractivity contribution in [2.24, 2.45) is 10.7 Å². The van der Waals surface area contributed by atoms with Gasteiger partial charge >= 0.3 is 0 Å². The third kappa shape index (κ3) is 2.70. The number of hydrogen-bond donors (Lipinski definition) is 3.